The van der Waals surface area contributed by atoms with E-state index in [0.29, 0.717) is 6.61 Å². The van der Waals surface area contributed by atoms with Crippen molar-refractivity contribution in [1.82, 2.24) is 4.98 Å². The molecular formula is C16H21NO2S. The highest BCUT2D eigenvalue weighted by Crippen LogP contribution is 2.30. The lowest BCUT2D eigenvalue weighted by Crippen LogP contribution is -2.14. The van der Waals surface area contributed by atoms with Crippen molar-refractivity contribution in [3.63, 3.8) is 0 Å². The maximum Gasteiger partial charge on any atom is 0.140 e. The molecule has 0 fully saturated rings. The molecule has 2 aromatic rings. The molecule has 0 bridgehead atoms. The molecule has 1 heterocycles. The summed E-state index contributed by atoms with van der Waals surface area (Å²) < 4.78 is 5.90. The fourth-order valence-corrected chi connectivity index (χ4v) is 3.22. The van der Waals surface area contributed by atoms with Crippen LogP contribution in [0, 0.1) is 20.8 Å². The maximum atomic E-state index is 10.1. The van der Waals surface area contributed by atoms with Gasteiger partial charge in [-0.15, -0.1) is 11.3 Å². The normalized spacial score (nSPS) is 11.7. The Morgan fingerprint density at radius 2 is 1.80 bits per heavy atom. The average molecular weight is 291 g/mol. The highest BCUT2D eigenvalue weighted by Gasteiger charge is 2.23. The predicted octanol–water partition coefficient (Wildman–Crippen LogP) is 3.87. The maximum absolute atomic E-state index is 10.1. The van der Waals surface area contributed by atoms with Crippen LogP contribution in [0.3, 0.4) is 0 Å². The van der Waals surface area contributed by atoms with Crippen molar-refractivity contribution in [3.8, 4) is 5.75 Å². The zero-order chi connectivity index (χ0) is 14.9. The minimum Gasteiger partial charge on any atom is -0.486 e. The summed E-state index contributed by atoms with van der Waals surface area (Å²) >= 11 is 1.51. The van der Waals surface area contributed by atoms with E-state index in [0.717, 1.165) is 32.5 Å². The topological polar surface area (TPSA) is 42.4 Å². The highest BCUT2D eigenvalue weighted by atomic mass is 32.1. The number of para-hydroxylation sites is 1. The van der Waals surface area contributed by atoms with Crippen molar-refractivity contribution in [2.24, 2.45) is 0 Å². The molecule has 3 nitrogen and oxygen atoms in total. The number of aliphatic hydroxyl groups is 1. The van der Waals surface area contributed by atoms with Crippen molar-refractivity contribution in [2.45, 2.75) is 46.8 Å². The van der Waals surface area contributed by atoms with E-state index in [9.17, 15) is 5.11 Å². The molecule has 0 aliphatic rings. The Hall–Kier alpha value is -1.39. The first-order valence-corrected chi connectivity index (χ1v) is 7.49. The molecule has 1 aromatic heterocycles. The van der Waals surface area contributed by atoms with Crippen LogP contribution in [0.25, 0.3) is 0 Å². The molecule has 108 valence electrons. The average Bonchev–Trinajstić information content (AvgIpc) is 2.70. The summed E-state index contributed by atoms with van der Waals surface area (Å²) in [5.74, 6) is 0.921. The smallest absolute Gasteiger partial charge is 0.140 e. The van der Waals surface area contributed by atoms with Gasteiger partial charge in [0.15, 0.2) is 0 Å². The Labute approximate surface area is 124 Å². The molecule has 2 rings (SSSR count). The molecule has 1 aromatic carbocycles. The lowest BCUT2D eigenvalue weighted by Gasteiger charge is -2.15. The molecule has 0 saturated carbocycles. The summed E-state index contributed by atoms with van der Waals surface area (Å²) in [7, 11) is 0. The van der Waals surface area contributed by atoms with E-state index in [2.05, 4.69) is 4.98 Å². The SMILES string of the molecule is Cc1cccc(C)c1OCc1nc(C)c(C(C)(C)O)s1. The number of aromatic nitrogens is 1. The van der Waals surface area contributed by atoms with Gasteiger partial charge in [0, 0.05) is 0 Å². The van der Waals surface area contributed by atoms with Crippen molar-refractivity contribution in [3.05, 3.63) is 44.9 Å². The van der Waals surface area contributed by atoms with Crippen molar-refractivity contribution in [1.29, 1.82) is 0 Å². The Balaban J connectivity index is 2.16. The molecule has 0 atom stereocenters. The highest BCUT2D eigenvalue weighted by molar-refractivity contribution is 7.11. The summed E-state index contributed by atoms with van der Waals surface area (Å²) in [5.41, 5.74) is 2.28. The molecule has 0 aliphatic heterocycles. The molecular weight excluding hydrogens is 270 g/mol. The number of nitrogens with zero attached hydrogens (tertiary/aromatic N) is 1. The van der Waals surface area contributed by atoms with E-state index in [-0.39, 0.29) is 0 Å². The van der Waals surface area contributed by atoms with Gasteiger partial charge in [0.25, 0.3) is 0 Å². The van der Waals surface area contributed by atoms with Gasteiger partial charge >= 0.3 is 0 Å². The summed E-state index contributed by atoms with van der Waals surface area (Å²) in [6, 6.07) is 6.10. The van der Waals surface area contributed by atoms with E-state index >= 15 is 0 Å². The van der Waals surface area contributed by atoms with Gasteiger partial charge in [0.2, 0.25) is 0 Å². The minimum atomic E-state index is -0.849. The molecule has 0 unspecified atom stereocenters. The number of thiazole rings is 1. The number of hydrogen-bond acceptors (Lipinski definition) is 4. The van der Waals surface area contributed by atoms with Crippen molar-refractivity contribution in [2.75, 3.05) is 0 Å². The van der Waals surface area contributed by atoms with Gasteiger partial charge in [-0.05, 0) is 45.7 Å². The Bertz CT molecular complexity index is 591. The molecule has 0 aliphatic carbocycles. The van der Waals surface area contributed by atoms with E-state index in [1.807, 2.05) is 39.0 Å². The molecule has 0 spiro atoms. The molecule has 4 heteroatoms. The van der Waals surface area contributed by atoms with Gasteiger partial charge in [-0.1, -0.05) is 18.2 Å². The van der Waals surface area contributed by atoms with Gasteiger partial charge in [0.05, 0.1) is 16.2 Å². The molecule has 0 saturated heterocycles. The number of hydrogen-bond donors (Lipinski definition) is 1. The van der Waals surface area contributed by atoms with Crippen LogP contribution >= 0.6 is 11.3 Å². The molecule has 20 heavy (non-hydrogen) atoms. The summed E-state index contributed by atoms with van der Waals surface area (Å²) in [5, 5.41) is 11.0. The quantitative estimate of drug-likeness (QED) is 0.929. The second-order valence-electron chi connectivity index (χ2n) is 5.59. The summed E-state index contributed by atoms with van der Waals surface area (Å²) in [6.07, 6.45) is 0. The van der Waals surface area contributed by atoms with Gasteiger partial charge < -0.3 is 9.84 Å². The molecule has 0 radical (unpaired) electrons. The summed E-state index contributed by atoms with van der Waals surface area (Å²) in [4.78, 5) is 5.39. The molecule has 0 amide bonds. The number of aryl methyl sites for hydroxylation is 3. The Morgan fingerprint density at radius 3 is 2.30 bits per heavy atom. The van der Waals surface area contributed by atoms with Gasteiger partial charge in [0.1, 0.15) is 17.4 Å². The van der Waals surface area contributed by atoms with Crippen LogP contribution in [0.2, 0.25) is 0 Å². The third-order valence-electron chi connectivity index (χ3n) is 3.15. The third-order valence-corrected chi connectivity index (χ3v) is 4.59. The van der Waals surface area contributed by atoms with Gasteiger partial charge in [-0.3, -0.25) is 0 Å². The van der Waals surface area contributed by atoms with Crippen LogP contribution in [0.15, 0.2) is 18.2 Å². The van der Waals surface area contributed by atoms with Crippen molar-refractivity contribution < 1.29 is 9.84 Å². The third kappa shape index (κ3) is 3.19. The standard InChI is InChI=1S/C16H21NO2S/c1-10-7-6-8-11(2)14(10)19-9-13-17-12(3)15(20-13)16(4,5)18/h6-8,18H,9H2,1-5H3. The zero-order valence-electron chi connectivity index (χ0n) is 12.7. The van der Waals surface area contributed by atoms with Crippen LogP contribution in [0.4, 0.5) is 0 Å². The van der Waals surface area contributed by atoms with Gasteiger partial charge in [-0.25, -0.2) is 4.98 Å². The Kier molecular flexibility index (Phi) is 4.16. The Morgan fingerprint density at radius 1 is 1.20 bits per heavy atom. The van der Waals surface area contributed by atoms with Crippen LogP contribution in [-0.4, -0.2) is 10.1 Å². The van der Waals surface area contributed by atoms with Crippen LogP contribution in [-0.2, 0) is 12.2 Å². The second-order valence-corrected chi connectivity index (χ2v) is 6.67. The fourth-order valence-electron chi connectivity index (χ4n) is 2.24. The van der Waals surface area contributed by atoms with E-state index in [1.165, 1.54) is 11.3 Å². The lowest BCUT2D eigenvalue weighted by molar-refractivity contribution is 0.0817. The number of ether oxygens (including phenoxy) is 1. The van der Waals surface area contributed by atoms with Crippen molar-refractivity contribution >= 4 is 11.3 Å². The zero-order valence-corrected chi connectivity index (χ0v) is 13.5. The van der Waals surface area contributed by atoms with Crippen LogP contribution in [0.1, 0.15) is 40.6 Å². The first-order chi connectivity index (χ1) is 9.29. The van der Waals surface area contributed by atoms with E-state index in [1.54, 1.807) is 13.8 Å². The summed E-state index contributed by atoms with van der Waals surface area (Å²) in [6.45, 7) is 10.0. The van der Waals surface area contributed by atoms with E-state index < -0.39 is 5.60 Å². The number of benzene rings is 1. The monoisotopic (exact) mass is 291 g/mol. The van der Waals surface area contributed by atoms with Crippen LogP contribution < -0.4 is 4.74 Å². The largest absolute Gasteiger partial charge is 0.486 e. The lowest BCUT2D eigenvalue weighted by atomic mass is 10.1. The second kappa shape index (κ2) is 5.54. The number of rotatable bonds is 4. The first-order valence-electron chi connectivity index (χ1n) is 6.67. The first kappa shape index (κ1) is 15.0. The fraction of sp³-hybridized carbons (Fsp3) is 0.438. The molecule has 1 N–H and O–H groups in total. The van der Waals surface area contributed by atoms with Gasteiger partial charge in [-0.2, -0.15) is 0 Å². The minimum absolute atomic E-state index is 0.438. The predicted molar refractivity (Wildman–Crippen MR) is 82.3 cm³/mol. The van der Waals surface area contributed by atoms with E-state index in [4.69, 9.17) is 4.74 Å². The van der Waals surface area contributed by atoms with Crippen LogP contribution in [0.5, 0.6) is 5.75 Å².